The summed E-state index contributed by atoms with van der Waals surface area (Å²) in [5.74, 6) is 0.887. The predicted molar refractivity (Wildman–Crippen MR) is 53.7 cm³/mol. The monoisotopic (exact) mass is 176 g/mol. The number of rotatable bonds is 2. The molecule has 13 heavy (non-hydrogen) atoms. The lowest BCUT2D eigenvalue weighted by atomic mass is 10.3. The van der Waals surface area contributed by atoms with Gasteiger partial charge < -0.3 is 9.64 Å². The summed E-state index contributed by atoms with van der Waals surface area (Å²) in [6, 6.07) is 7.99. The first kappa shape index (κ1) is 8.10. The van der Waals surface area contributed by atoms with Gasteiger partial charge in [0.15, 0.2) is 0 Å². The molecule has 0 aliphatic carbocycles. The molecule has 1 heterocycles. The summed E-state index contributed by atoms with van der Waals surface area (Å²) in [6.07, 6.45) is 1.87. The van der Waals surface area contributed by atoms with E-state index in [2.05, 4.69) is 16.0 Å². The minimum Gasteiger partial charge on any atom is -0.497 e. The molecule has 0 fully saturated rings. The third-order valence-corrected chi connectivity index (χ3v) is 2.08. The first-order valence-corrected chi connectivity index (χ1v) is 4.31. The fourth-order valence-electron chi connectivity index (χ4n) is 1.36. The van der Waals surface area contributed by atoms with Crippen molar-refractivity contribution in [3.05, 3.63) is 24.3 Å². The Bertz CT molecular complexity index is 322. The number of nitrogens with zero attached hydrogens (tertiary/aromatic N) is 2. The zero-order chi connectivity index (χ0) is 9.10. The summed E-state index contributed by atoms with van der Waals surface area (Å²) in [7, 11) is 1.68. The first-order chi connectivity index (χ1) is 6.40. The van der Waals surface area contributed by atoms with Crippen LogP contribution in [0.5, 0.6) is 5.75 Å². The van der Waals surface area contributed by atoms with E-state index in [0.717, 1.165) is 24.5 Å². The van der Waals surface area contributed by atoms with Crippen molar-refractivity contribution in [2.45, 2.75) is 0 Å². The molecule has 1 aromatic carbocycles. The van der Waals surface area contributed by atoms with E-state index < -0.39 is 0 Å². The van der Waals surface area contributed by atoms with E-state index in [1.807, 2.05) is 24.5 Å². The average molecular weight is 176 g/mol. The summed E-state index contributed by atoms with van der Waals surface area (Å²) in [6.45, 7) is 1.85. The summed E-state index contributed by atoms with van der Waals surface area (Å²) in [4.78, 5) is 6.27. The van der Waals surface area contributed by atoms with Crippen molar-refractivity contribution in [1.82, 2.24) is 0 Å². The fraction of sp³-hybridized carbons (Fsp3) is 0.300. The van der Waals surface area contributed by atoms with Crippen molar-refractivity contribution in [1.29, 1.82) is 0 Å². The van der Waals surface area contributed by atoms with Crippen molar-refractivity contribution in [2.75, 3.05) is 25.1 Å². The number of methoxy groups -OCH3 is 1. The number of hydrogen-bond donors (Lipinski definition) is 0. The Kier molecular flexibility index (Phi) is 2.17. The average Bonchev–Trinajstić information content (AvgIpc) is 2.71. The van der Waals surface area contributed by atoms with Gasteiger partial charge in [-0.15, -0.1) is 0 Å². The molecule has 3 heteroatoms. The van der Waals surface area contributed by atoms with Crippen molar-refractivity contribution >= 4 is 12.0 Å². The van der Waals surface area contributed by atoms with Gasteiger partial charge in [0.05, 0.1) is 20.0 Å². The van der Waals surface area contributed by atoms with Crippen molar-refractivity contribution < 1.29 is 4.74 Å². The Balaban J connectivity index is 2.24. The molecular weight excluding hydrogens is 164 g/mol. The normalized spacial score (nSPS) is 15.0. The van der Waals surface area contributed by atoms with Crippen LogP contribution >= 0.6 is 0 Å². The van der Waals surface area contributed by atoms with Gasteiger partial charge in [-0.1, -0.05) is 6.07 Å². The quantitative estimate of drug-likeness (QED) is 0.682. The van der Waals surface area contributed by atoms with E-state index in [1.54, 1.807) is 7.11 Å². The van der Waals surface area contributed by atoms with Gasteiger partial charge in [0.2, 0.25) is 0 Å². The standard InChI is InChI=1S/C10H12N2O/c1-13-10-4-2-3-9(7-10)12-6-5-11-8-12/h2-4,7-8H,5-6H2,1H3. The van der Waals surface area contributed by atoms with Crippen LogP contribution in [0.2, 0.25) is 0 Å². The van der Waals surface area contributed by atoms with Crippen LogP contribution in [0.4, 0.5) is 5.69 Å². The molecule has 0 spiro atoms. The second kappa shape index (κ2) is 3.47. The Morgan fingerprint density at radius 2 is 2.38 bits per heavy atom. The lowest BCUT2D eigenvalue weighted by molar-refractivity contribution is 0.415. The van der Waals surface area contributed by atoms with Gasteiger partial charge in [-0.3, -0.25) is 4.99 Å². The molecule has 2 rings (SSSR count). The Labute approximate surface area is 77.7 Å². The van der Waals surface area contributed by atoms with E-state index in [0.29, 0.717) is 0 Å². The maximum absolute atomic E-state index is 5.14. The highest BCUT2D eigenvalue weighted by atomic mass is 16.5. The van der Waals surface area contributed by atoms with Crippen molar-refractivity contribution in [2.24, 2.45) is 4.99 Å². The molecule has 1 aliphatic heterocycles. The number of ether oxygens (including phenoxy) is 1. The van der Waals surface area contributed by atoms with Crippen molar-refractivity contribution in [3.63, 3.8) is 0 Å². The molecule has 0 bridgehead atoms. The fourth-order valence-corrected chi connectivity index (χ4v) is 1.36. The van der Waals surface area contributed by atoms with Crippen LogP contribution < -0.4 is 9.64 Å². The highest BCUT2D eigenvalue weighted by molar-refractivity contribution is 5.81. The molecule has 68 valence electrons. The minimum absolute atomic E-state index is 0.886. The van der Waals surface area contributed by atoms with Crippen LogP contribution in [-0.2, 0) is 0 Å². The number of aliphatic imine (C=N–C) groups is 1. The molecule has 3 nitrogen and oxygen atoms in total. The number of benzene rings is 1. The van der Waals surface area contributed by atoms with E-state index in [1.165, 1.54) is 0 Å². The van der Waals surface area contributed by atoms with Gasteiger partial charge in [0, 0.05) is 18.3 Å². The molecule has 0 unspecified atom stereocenters. The maximum atomic E-state index is 5.14. The Morgan fingerprint density at radius 1 is 1.46 bits per heavy atom. The zero-order valence-corrected chi connectivity index (χ0v) is 7.60. The molecule has 0 saturated carbocycles. The molecule has 0 aromatic heterocycles. The van der Waals surface area contributed by atoms with Crippen molar-refractivity contribution in [3.8, 4) is 5.75 Å². The lowest BCUT2D eigenvalue weighted by Gasteiger charge is -2.14. The predicted octanol–water partition coefficient (Wildman–Crippen LogP) is 1.54. The Hall–Kier alpha value is -1.51. The van der Waals surface area contributed by atoms with Crippen LogP contribution in [0.15, 0.2) is 29.3 Å². The second-order valence-electron chi connectivity index (χ2n) is 2.92. The van der Waals surface area contributed by atoms with Crippen LogP contribution in [0.25, 0.3) is 0 Å². The molecule has 0 radical (unpaired) electrons. The number of hydrogen-bond acceptors (Lipinski definition) is 3. The SMILES string of the molecule is COc1cccc(N2C=NCC2)c1. The molecule has 0 N–H and O–H groups in total. The molecule has 0 amide bonds. The van der Waals surface area contributed by atoms with Gasteiger partial charge in [0.1, 0.15) is 5.75 Å². The highest BCUT2D eigenvalue weighted by Crippen LogP contribution is 2.20. The van der Waals surface area contributed by atoms with Gasteiger partial charge >= 0.3 is 0 Å². The lowest BCUT2D eigenvalue weighted by Crippen LogP contribution is -2.17. The van der Waals surface area contributed by atoms with Gasteiger partial charge in [-0.2, -0.15) is 0 Å². The van der Waals surface area contributed by atoms with Gasteiger partial charge in [-0.25, -0.2) is 0 Å². The van der Waals surface area contributed by atoms with E-state index in [9.17, 15) is 0 Å². The van der Waals surface area contributed by atoms with E-state index in [4.69, 9.17) is 4.74 Å². The molecule has 0 saturated heterocycles. The Morgan fingerprint density at radius 3 is 3.08 bits per heavy atom. The largest absolute Gasteiger partial charge is 0.497 e. The highest BCUT2D eigenvalue weighted by Gasteiger charge is 2.07. The topological polar surface area (TPSA) is 24.8 Å². The van der Waals surface area contributed by atoms with Crippen LogP contribution in [0.3, 0.4) is 0 Å². The summed E-state index contributed by atoms with van der Waals surface area (Å²) < 4.78 is 5.14. The maximum Gasteiger partial charge on any atom is 0.120 e. The molecular formula is C10H12N2O. The summed E-state index contributed by atoms with van der Waals surface area (Å²) >= 11 is 0. The zero-order valence-electron chi connectivity index (χ0n) is 7.60. The molecule has 0 atom stereocenters. The van der Waals surface area contributed by atoms with E-state index in [-0.39, 0.29) is 0 Å². The minimum atomic E-state index is 0.886. The second-order valence-corrected chi connectivity index (χ2v) is 2.92. The third kappa shape index (κ3) is 1.64. The molecule has 1 aromatic rings. The number of anilines is 1. The smallest absolute Gasteiger partial charge is 0.120 e. The van der Waals surface area contributed by atoms with Crippen LogP contribution in [0, 0.1) is 0 Å². The third-order valence-electron chi connectivity index (χ3n) is 2.08. The molecule has 1 aliphatic rings. The summed E-state index contributed by atoms with van der Waals surface area (Å²) in [5, 5.41) is 0. The van der Waals surface area contributed by atoms with Crippen LogP contribution in [-0.4, -0.2) is 26.5 Å². The van der Waals surface area contributed by atoms with Gasteiger partial charge in [-0.05, 0) is 12.1 Å². The first-order valence-electron chi connectivity index (χ1n) is 4.31. The van der Waals surface area contributed by atoms with Gasteiger partial charge in [0.25, 0.3) is 0 Å². The summed E-state index contributed by atoms with van der Waals surface area (Å²) in [5.41, 5.74) is 1.14. The van der Waals surface area contributed by atoms with Crippen LogP contribution in [0.1, 0.15) is 0 Å². The van der Waals surface area contributed by atoms with E-state index >= 15 is 0 Å².